The molecule has 17 heteroatoms. The molecule has 3 N–H and O–H groups in total. The number of aryl methyl sites for hydroxylation is 1. The van der Waals surface area contributed by atoms with Crippen molar-refractivity contribution in [1.29, 1.82) is 0 Å². The summed E-state index contributed by atoms with van der Waals surface area (Å²) in [7, 11) is 0. The van der Waals surface area contributed by atoms with E-state index in [1.165, 1.54) is 16.0 Å². The molecule has 3 saturated heterocycles. The summed E-state index contributed by atoms with van der Waals surface area (Å²) in [5, 5.41) is 19.0. The fourth-order valence-corrected chi connectivity index (χ4v) is 9.70. The Bertz CT molecular complexity index is 2690. The molecule has 10 rings (SSSR count). The van der Waals surface area contributed by atoms with Gasteiger partial charge >= 0.3 is 6.03 Å². The Hall–Kier alpha value is -6.75. The third-order valence-corrected chi connectivity index (χ3v) is 13.4. The van der Waals surface area contributed by atoms with E-state index < -0.39 is 0 Å². The molecule has 7 heterocycles. The van der Waals surface area contributed by atoms with Crippen LogP contribution in [0.4, 0.5) is 22.0 Å². The van der Waals surface area contributed by atoms with Crippen LogP contribution < -0.4 is 25.3 Å². The predicted octanol–water partition coefficient (Wildman–Crippen LogP) is 6.11. The number of aromatic amines is 1. The van der Waals surface area contributed by atoms with Gasteiger partial charge in [0.05, 0.1) is 17.3 Å². The number of hydrogen-bond donors (Lipinski definition) is 3. The lowest BCUT2D eigenvalue weighted by Gasteiger charge is -2.39. The topological polar surface area (TPSA) is 186 Å². The number of fused-ring (bicyclic) bond motifs is 2. The number of hydrogen-bond acceptors (Lipinski definition) is 12. The third kappa shape index (κ3) is 9.01. The van der Waals surface area contributed by atoms with Crippen molar-refractivity contribution in [2.45, 2.75) is 77.3 Å². The summed E-state index contributed by atoms with van der Waals surface area (Å²) in [6, 6.07) is 20.5. The van der Waals surface area contributed by atoms with Crippen molar-refractivity contribution in [2.75, 3.05) is 67.1 Å². The molecule has 0 radical (unpaired) electrons. The number of nitrogens with zero attached hydrogens (tertiary/aromatic N) is 11. The van der Waals surface area contributed by atoms with Crippen molar-refractivity contribution in [3.63, 3.8) is 0 Å². The molecule has 3 fully saturated rings. The number of benzene rings is 2. The normalized spacial score (nSPS) is 19.0. The minimum absolute atomic E-state index is 0.0763. The number of pyridine rings is 1. The molecule has 0 saturated carbocycles. The lowest BCUT2D eigenvalue weighted by molar-refractivity contribution is -0.120. The number of carbonyl (C=O) groups is 3. The SMILES string of the molecule is CC(C)(C)n1nnc(C(=O)N[C@@H]2CCCCc3cc(-c4ncnc5[nH]c(-c6ccc(N7CCN(CC8CCN(c9ccc(N%10CCC(=O)NC%10=O)cc9)CC8)CC7)nc6)cc45)ccc32)n1. The first-order valence-corrected chi connectivity index (χ1v) is 23.0. The first-order valence-electron chi connectivity index (χ1n) is 23.0. The lowest BCUT2D eigenvalue weighted by Crippen LogP contribution is -2.49. The Morgan fingerprint density at radius 2 is 1.58 bits per heavy atom. The van der Waals surface area contributed by atoms with E-state index in [0.717, 1.165) is 135 Å². The Morgan fingerprint density at radius 1 is 0.800 bits per heavy atom. The van der Waals surface area contributed by atoms with Crippen LogP contribution in [0.5, 0.6) is 0 Å². The summed E-state index contributed by atoms with van der Waals surface area (Å²) in [5.74, 6) is 1.20. The number of anilines is 3. The summed E-state index contributed by atoms with van der Waals surface area (Å²) in [6.07, 6.45) is 9.97. The van der Waals surface area contributed by atoms with Crippen molar-refractivity contribution in [3.05, 3.63) is 90.1 Å². The highest BCUT2D eigenvalue weighted by molar-refractivity contribution is 6.05. The molecule has 0 unspecified atom stereocenters. The molecular weight excluding hydrogens is 821 g/mol. The van der Waals surface area contributed by atoms with Gasteiger partial charge in [-0.05, 0) is 124 Å². The van der Waals surface area contributed by atoms with Crippen LogP contribution in [-0.2, 0) is 16.8 Å². The van der Waals surface area contributed by atoms with Crippen LogP contribution in [0.25, 0.3) is 33.5 Å². The van der Waals surface area contributed by atoms with E-state index >= 15 is 0 Å². The van der Waals surface area contributed by atoms with Gasteiger partial charge in [-0.1, -0.05) is 18.6 Å². The Balaban J connectivity index is 0.734. The van der Waals surface area contributed by atoms with Crippen molar-refractivity contribution < 1.29 is 14.4 Å². The van der Waals surface area contributed by atoms with Gasteiger partial charge in [0, 0.05) is 98.6 Å². The molecule has 2 aromatic carbocycles. The molecule has 336 valence electrons. The Morgan fingerprint density at radius 3 is 2.32 bits per heavy atom. The molecule has 6 aromatic rings. The number of urea groups is 1. The summed E-state index contributed by atoms with van der Waals surface area (Å²) in [6.45, 7) is 13.4. The molecule has 1 atom stereocenters. The Kier molecular flexibility index (Phi) is 11.5. The monoisotopic (exact) mass is 876 g/mol. The van der Waals surface area contributed by atoms with Crippen LogP contribution in [0.2, 0.25) is 0 Å². The van der Waals surface area contributed by atoms with Crippen LogP contribution in [0.15, 0.2) is 73.2 Å². The van der Waals surface area contributed by atoms with Crippen LogP contribution in [-0.4, -0.2) is 115 Å². The number of nitrogens with one attached hydrogen (secondary N) is 3. The van der Waals surface area contributed by atoms with E-state index in [4.69, 9.17) is 9.97 Å². The fourth-order valence-electron chi connectivity index (χ4n) is 9.70. The maximum absolute atomic E-state index is 13.3. The quantitative estimate of drug-likeness (QED) is 0.142. The van der Waals surface area contributed by atoms with Gasteiger partial charge < -0.3 is 20.1 Å². The van der Waals surface area contributed by atoms with Gasteiger partial charge in [0.15, 0.2) is 0 Å². The maximum atomic E-state index is 13.3. The largest absolute Gasteiger partial charge is 0.372 e. The van der Waals surface area contributed by atoms with E-state index in [-0.39, 0.29) is 35.3 Å². The van der Waals surface area contributed by atoms with Crippen molar-refractivity contribution in [1.82, 2.24) is 55.7 Å². The smallest absolute Gasteiger partial charge is 0.328 e. The van der Waals surface area contributed by atoms with E-state index in [1.54, 1.807) is 11.2 Å². The number of carbonyl (C=O) groups excluding carboxylic acids is 3. The van der Waals surface area contributed by atoms with Crippen molar-refractivity contribution >= 4 is 46.1 Å². The fraction of sp³-hybridized carbons (Fsp3) is 0.438. The van der Waals surface area contributed by atoms with Gasteiger partial charge in [0.2, 0.25) is 5.91 Å². The van der Waals surface area contributed by atoms with Crippen LogP contribution in [0.3, 0.4) is 0 Å². The van der Waals surface area contributed by atoms with Crippen LogP contribution in [0.1, 0.15) is 87.1 Å². The minimum atomic E-state index is -0.369. The third-order valence-electron chi connectivity index (χ3n) is 13.4. The van der Waals surface area contributed by atoms with Gasteiger partial charge in [-0.15, -0.1) is 10.2 Å². The number of rotatable bonds is 9. The first kappa shape index (κ1) is 42.2. The first-order chi connectivity index (χ1) is 31.5. The highest BCUT2D eigenvalue weighted by Gasteiger charge is 2.29. The standard InChI is InChI=1S/C48H56N14O3/c1-48(2,3)62-56-45(55-57-62)46(64)53-39-7-5-4-6-32-26-33(8-14-37(32)39)43-38-27-40(52-44(38)51-30-50-43)34-9-15-41(49-28-34)60-24-22-58(23-25-60)29-31-16-19-59(20-17-31)35-10-12-36(13-11-35)61-21-18-42(63)54-47(61)65/h8-15,26-28,30-31,39H,4-7,16-25,29H2,1-3H3,(H,53,64)(H,50,51,52)(H,54,63,65)/t39-/m1/s1. The zero-order valence-corrected chi connectivity index (χ0v) is 37.3. The Labute approximate surface area is 378 Å². The number of H-pyrrole nitrogens is 1. The van der Waals surface area contributed by atoms with E-state index in [2.05, 4.69) is 99.2 Å². The molecule has 65 heavy (non-hydrogen) atoms. The molecule has 1 aliphatic carbocycles. The second kappa shape index (κ2) is 17.7. The molecule has 0 bridgehead atoms. The summed E-state index contributed by atoms with van der Waals surface area (Å²) in [5.41, 5.74) is 8.50. The molecule has 4 amide bonds. The van der Waals surface area contributed by atoms with Gasteiger partial charge in [-0.25, -0.2) is 19.7 Å². The molecule has 17 nitrogen and oxygen atoms in total. The van der Waals surface area contributed by atoms with E-state index in [9.17, 15) is 14.4 Å². The van der Waals surface area contributed by atoms with Crippen molar-refractivity contribution in [3.8, 4) is 22.5 Å². The zero-order valence-electron chi connectivity index (χ0n) is 37.3. The number of piperidine rings is 1. The van der Waals surface area contributed by atoms with Crippen molar-refractivity contribution in [2.24, 2.45) is 5.92 Å². The number of amides is 4. The minimum Gasteiger partial charge on any atom is -0.372 e. The summed E-state index contributed by atoms with van der Waals surface area (Å²) >= 11 is 0. The number of piperazine rings is 1. The molecule has 4 aromatic heterocycles. The number of imide groups is 1. The summed E-state index contributed by atoms with van der Waals surface area (Å²) in [4.78, 5) is 65.4. The highest BCUT2D eigenvalue weighted by atomic mass is 16.2. The maximum Gasteiger partial charge on any atom is 0.328 e. The summed E-state index contributed by atoms with van der Waals surface area (Å²) < 4.78 is 0. The van der Waals surface area contributed by atoms with Gasteiger partial charge in [0.1, 0.15) is 17.8 Å². The predicted molar refractivity (Wildman–Crippen MR) is 249 cm³/mol. The molecule has 3 aliphatic heterocycles. The second-order valence-corrected chi connectivity index (χ2v) is 18.8. The zero-order chi connectivity index (χ0) is 44.7. The molecular formula is C48H56N14O3. The second-order valence-electron chi connectivity index (χ2n) is 18.8. The molecule has 0 spiro atoms. The van der Waals surface area contributed by atoms with E-state index in [0.29, 0.717) is 18.9 Å². The highest BCUT2D eigenvalue weighted by Crippen LogP contribution is 2.35. The van der Waals surface area contributed by atoms with Gasteiger partial charge in [-0.3, -0.25) is 24.7 Å². The van der Waals surface area contributed by atoms with Gasteiger partial charge in [-0.2, -0.15) is 4.80 Å². The van der Waals surface area contributed by atoms with E-state index in [1.807, 2.05) is 39.1 Å². The van der Waals surface area contributed by atoms with Gasteiger partial charge in [0.25, 0.3) is 11.7 Å². The average molecular weight is 877 g/mol. The lowest BCUT2D eigenvalue weighted by atomic mass is 9.95. The average Bonchev–Trinajstić information content (AvgIpc) is 3.96. The number of aromatic nitrogens is 8. The molecule has 4 aliphatic rings. The van der Waals surface area contributed by atoms with Crippen LogP contribution in [0, 0.1) is 5.92 Å². The number of tetrazole rings is 1. The van der Waals surface area contributed by atoms with Crippen LogP contribution >= 0.6 is 0 Å².